The molecule has 0 radical (unpaired) electrons. The van der Waals surface area contributed by atoms with Gasteiger partial charge < -0.3 is 0 Å². The third kappa shape index (κ3) is 10.1. The van der Waals surface area contributed by atoms with Gasteiger partial charge in [0.1, 0.15) is 0 Å². The van der Waals surface area contributed by atoms with Gasteiger partial charge >= 0.3 is 0 Å². The minimum Gasteiger partial charge on any atom is -0.295 e. The van der Waals surface area contributed by atoms with Crippen LogP contribution < -0.4 is 0 Å². The third-order valence-electron chi connectivity index (χ3n) is 3.79. The number of allylic oxidation sites excluding steroid dienone is 1. The molecule has 0 spiro atoms. The number of carbonyl (C=O) groups excluding carboxylic acids is 1. The quantitative estimate of drug-likeness (QED) is 0.331. The summed E-state index contributed by atoms with van der Waals surface area (Å²) in [7, 11) is 0. The molecule has 0 saturated carbocycles. The van der Waals surface area contributed by atoms with Crippen LogP contribution in [0.25, 0.3) is 6.08 Å². The lowest BCUT2D eigenvalue weighted by molar-refractivity contribution is -0.114. The topological polar surface area (TPSA) is 17.1 Å². The molecule has 116 valence electrons. The Morgan fingerprint density at radius 3 is 2.05 bits per heavy atom. The van der Waals surface area contributed by atoms with Gasteiger partial charge in [-0.25, -0.2) is 0 Å². The van der Waals surface area contributed by atoms with Crippen LogP contribution in [0.2, 0.25) is 0 Å². The molecule has 0 heterocycles. The van der Waals surface area contributed by atoms with Crippen molar-refractivity contribution in [3.63, 3.8) is 0 Å². The number of hydrogen-bond donors (Lipinski definition) is 0. The summed E-state index contributed by atoms with van der Waals surface area (Å²) in [6, 6.07) is 10.0. The number of benzene rings is 1. The highest BCUT2D eigenvalue weighted by Gasteiger charge is 1.97. The lowest BCUT2D eigenvalue weighted by Crippen LogP contribution is -1.92. The largest absolute Gasteiger partial charge is 0.295 e. The van der Waals surface area contributed by atoms with Crippen molar-refractivity contribution in [2.45, 2.75) is 71.1 Å². The maximum Gasteiger partial charge on any atom is 0.155 e. The van der Waals surface area contributed by atoms with Crippen molar-refractivity contribution < 1.29 is 4.79 Å². The van der Waals surface area contributed by atoms with E-state index < -0.39 is 0 Å². The van der Waals surface area contributed by atoms with E-state index in [0.717, 1.165) is 12.0 Å². The van der Waals surface area contributed by atoms with Crippen molar-refractivity contribution in [2.75, 3.05) is 0 Å². The molecule has 1 nitrogen and oxygen atoms in total. The maximum absolute atomic E-state index is 11.7. The van der Waals surface area contributed by atoms with Crippen molar-refractivity contribution >= 4 is 11.9 Å². The van der Waals surface area contributed by atoms with E-state index in [1.54, 1.807) is 6.08 Å². The molecule has 1 aromatic carbocycles. The monoisotopic (exact) mass is 286 g/mol. The van der Waals surface area contributed by atoms with Gasteiger partial charge in [0.15, 0.2) is 5.78 Å². The number of unbranched alkanes of at least 4 members (excludes halogenated alkanes) is 8. The maximum atomic E-state index is 11.7. The normalized spacial score (nSPS) is 11.1. The molecule has 0 aliphatic rings. The molecule has 0 amide bonds. The second-order valence-electron chi connectivity index (χ2n) is 5.79. The Balaban J connectivity index is 1.97. The molecule has 1 heteroatoms. The molecular formula is C20H30O. The summed E-state index contributed by atoms with van der Waals surface area (Å²) in [4.78, 5) is 11.7. The van der Waals surface area contributed by atoms with Crippen LogP contribution in [0.5, 0.6) is 0 Å². The first-order valence-corrected chi connectivity index (χ1v) is 8.59. The summed E-state index contributed by atoms with van der Waals surface area (Å²) >= 11 is 0. The highest BCUT2D eigenvalue weighted by Crippen LogP contribution is 2.11. The lowest BCUT2D eigenvalue weighted by atomic mass is 10.1. The van der Waals surface area contributed by atoms with E-state index in [1.807, 2.05) is 36.4 Å². The number of ketones is 1. The second kappa shape index (κ2) is 12.4. The Kier molecular flexibility index (Phi) is 10.4. The summed E-state index contributed by atoms with van der Waals surface area (Å²) in [5.41, 5.74) is 1.10. The summed E-state index contributed by atoms with van der Waals surface area (Å²) in [5, 5.41) is 0. The molecule has 0 bridgehead atoms. The molecule has 0 fully saturated rings. The van der Waals surface area contributed by atoms with Crippen LogP contribution in [0.3, 0.4) is 0 Å². The van der Waals surface area contributed by atoms with E-state index in [1.165, 1.54) is 51.4 Å². The van der Waals surface area contributed by atoms with Crippen molar-refractivity contribution in [1.82, 2.24) is 0 Å². The molecule has 0 unspecified atom stereocenters. The predicted octanol–water partition coefficient (Wildman–Crippen LogP) is 6.19. The van der Waals surface area contributed by atoms with Gasteiger partial charge in [-0.05, 0) is 18.1 Å². The van der Waals surface area contributed by atoms with Crippen LogP contribution in [0.4, 0.5) is 0 Å². The Morgan fingerprint density at radius 2 is 1.43 bits per heavy atom. The summed E-state index contributed by atoms with van der Waals surface area (Å²) in [6.45, 7) is 2.25. The molecule has 0 aliphatic carbocycles. The highest BCUT2D eigenvalue weighted by atomic mass is 16.1. The molecule has 0 saturated heterocycles. The Morgan fingerprint density at radius 1 is 0.857 bits per heavy atom. The fourth-order valence-corrected chi connectivity index (χ4v) is 2.45. The lowest BCUT2D eigenvalue weighted by Gasteiger charge is -2.01. The molecule has 1 aromatic rings. The second-order valence-corrected chi connectivity index (χ2v) is 5.79. The van der Waals surface area contributed by atoms with Gasteiger partial charge in [0, 0.05) is 6.42 Å². The number of carbonyl (C=O) groups is 1. The number of hydrogen-bond acceptors (Lipinski definition) is 1. The zero-order chi connectivity index (χ0) is 15.2. The van der Waals surface area contributed by atoms with Crippen molar-refractivity contribution in [2.24, 2.45) is 0 Å². The SMILES string of the molecule is CCCCCCCCCCCC(=O)C=Cc1ccccc1. The van der Waals surface area contributed by atoms with E-state index in [0.29, 0.717) is 6.42 Å². The van der Waals surface area contributed by atoms with Gasteiger partial charge in [-0.3, -0.25) is 4.79 Å². The van der Waals surface area contributed by atoms with Gasteiger partial charge in [-0.15, -0.1) is 0 Å². The zero-order valence-electron chi connectivity index (χ0n) is 13.5. The van der Waals surface area contributed by atoms with E-state index in [4.69, 9.17) is 0 Å². The summed E-state index contributed by atoms with van der Waals surface area (Å²) in [5.74, 6) is 0.252. The van der Waals surface area contributed by atoms with Crippen LogP contribution >= 0.6 is 0 Å². The average molecular weight is 286 g/mol. The van der Waals surface area contributed by atoms with Crippen LogP contribution in [0.15, 0.2) is 36.4 Å². The van der Waals surface area contributed by atoms with Crippen molar-refractivity contribution in [3.8, 4) is 0 Å². The van der Waals surface area contributed by atoms with E-state index in [2.05, 4.69) is 6.92 Å². The standard InChI is InChI=1S/C20H30O/c1-2-3-4-5-6-7-8-9-13-16-20(21)18-17-19-14-11-10-12-15-19/h10-12,14-15,17-18H,2-9,13,16H2,1H3. The van der Waals surface area contributed by atoms with E-state index in [9.17, 15) is 4.79 Å². The van der Waals surface area contributed by atoms with Crippen LogP contribution in [0.1, 0.15) is 76.7 Å². The highest BCUT2D eigenvalue weighted by molar-refractivity contribution is 5.93. The van der Waals surface area contributed by atoms with E-state index in [-0.39, 0.29) is 5.78 Å². The average Bonchev–Trinajstić information content (AvgIpc) is 2.52. The Hall–Kier alpha value is -1.37. The molecule has 0 aromatic heterocycles. The van der Waals surface area contributed by atoms with Gasteiger partial charge in [0.05, 0.1) is 0 Å². The molecule has 0 aliphatic heterocycles. The van der Waals surface area contributed by atoms with Crippen LogP contribution in [0, 0.1) is 0 Å². The molecule has 0 atom stereocenters. The fourth-order valence-electron chi connectivity index (χ4n) is 2.45. The Labute approximate surface area is 130 Å². The minimum absolute atomic E-state index is 0.252. The smallest absolute Gasteiger partial charge is 0.155 e. The first kappa shape index (κ1) is 17.7. The van der Waals surface area contributed by atoms with Gasteiger partial charge in [-0.1, -0.05) is 94.7 Å². The van der Waals surface area contributed by atoms with E-state index >= 15 is 0 Å². The number of rotatable bonds is 12. The zero-order valence-corrected chi connectivity index (χ0v) is 13.5. The van der Waals surface area contributed by atoms with Crippen molar-refractivity contribution in [1.29, 1.82) is 0 Å². The fraction of sp³-hybridized carbons (Fsp3) is 0.550. The van der Waals surface area contributed by atoms with Gasteiger partial charge in [0.2, 0.25) is 0 Å². The first-order valence-electron chi connectivity index (χ1n) is 8.59. The third-order valence-corrected chi connectivity index (χ3v) is 3.79. The Bertz CT molecular complexity index is 392. The van der Waals surface area contributed by atoms with Crippen molar-refractivity contribution in [3.05, 3.63) is 42.0 Å². The van der Waals surface area contributed by atoms with Gasteiger partial charge in [-0.2, -0.15) is 0 Å². The van der Waals surface area contributed by atoms with Crippen LogP contribution in [-0.2, 0) is 4.79 Å². The molecule has 0 N–H and O–H groups in total. The predicted molar refractivity (Wildman–Crippen MR) is 92.3 cm³/mol. The minimum atomic E-state index is 0.252. The molecular weight excluding hydrogens is 256 g/mol. The summed E-state index contributed by atoms with van der Waals surface area (Å²) in [6.07, 6.45) is 16.0. The van der Waals surface area contributed by atoms with Crippen LogP contribution in [-0.4, -0.2) is 5.78 Å². The molecule has 21 heavy (non-hydrogen) atoms. The summed E-state index contributed by atoms with van der Waals surface area (Å²) < 4.78 is 0. The first-order chi connectivity index (χ1) is 10.3. The molecule has 1 rings (SSSR count). The van der Waals surface area contributed by atoms with Gasteiger partial charge in [0.25, 0.3) is 0 Å².